The maximum Gasteiger partial charge on any atom is 0.150 e. The number of methoxy groups -OCH3 is 1. The van der Waals surface area contributed by atoms with Gasteiger partial charge in [-0.3, -0.25) is 4.79 Å². The first-order chi connectivity index (χ1) is 5.70. The summed E-state index contributed by atoms with van der Waals surface area (Å²) in [5, 5.41) is 0.502. The Morgan fingerprint density at radius 3 is 2.67 bits per heavy atom. The van der Waals surface area contributed by atoms with Crippen molar-refractivity contribution < 1.29 is 9.53 Å². The number of hydrogen-bond acceptors (Lipinski definition) is 2. The van der Waals surface area contributed by atoms with Crippen molar-refractivity contribution in [3.05, 3.63) is 28.3 Å². The Morgan fingerprint density at radius 1 is 1.50 bits per heavy atom. The SMILES string of the molecule is COc1ccc(C=O)c(C)c1Cl. The molecule has 12 heavy (non-hydrogen) atoms. The number of benzene rings is 1. The highest BCUT2D eigenvalue weighted by Gasteiger charge is 2.06. The van der Waals surface area contributed by atoms with Crippen molar-refractivity contribution >= 4 is 17.9 Å². The topological polar surface area (TPSA) is 26.3 Å². The lowest BCUT2D eigenvalue weighted by Crippen LogP contribution is -1.91. The summed E-state index contributed by atoms with van der Waals surface area (Å²) < 4.78 is 4.98. The van der Waals surface area contributed by atoms with E-state index in [0.29, 0.717) is 16.3 Å². The highest BCUT2D eigenvalue weighted by molar-refractivity contribution is 6.33. The van der Waals surface area contributed by atoms with Crippen LogP contribution in [0.5, 0.6) is 5.75 Å². The molecule has 0 aliphatic rings. The van der Waals surface area contributed by atoms with Crippen molar-refractivity contribution in [1.29, 1.82) is 0 Å². The second kappa shape index (κ2) is 3.59. The fraction of sp³-hybridized carbons (Fsp3) is 0.222. The molecule has 1 rings (SSSR count). The minimum atomic E-state index is 0.502. The van der Waals surface area contributed by atoms with Crippen LogP contribution in [0, 0.1) is 6.92 Å². The third kappa shape index (κ3) is 1.43. The van der Waals surface area contributed by atoms with Gasteiger partial charge in [-0.2, -0.15) is 0 Å². The molecule has 0 heterocycles. The van der Waals surface area contributed by atoms with Gasteiger partial charge in [0.25, 0.3) is 0 Å². The summed E-state index contributed by atoms with van der Waals surface area (Å²) in [6.45, 7) is 1.79. The van der Waals surface area contributed by atoms with Crippen LogP contribution in [0.25, 0.3) is 0 Å². The van der Waals surface area contributed by atoms with E-state index in [9.17, 15) is 4.79 Å². The zero-order chi connectivity index (χ0) is 9.14. The summed E-state index contributed by atoms with van der Waals surface area (Å²) in [5.74, 6) is 0.597. The Labute approximate surface area is 76.1 Å². The Bertz CT molecular complexity index is 308. The molecule has 3 heteroatoms. The first kappa shape index (κ1) is 9.07. The Morgan fingerprint density at radius 2 is 2.17 bits per heavy atom. The summed E-state index contributed by atoms with van der Waals surface area (Å²) in [7, 11) is 1.54. The molecular weight excluding hydrogens is 176 g/mol. The van der Waals surface area contributed by atoms with Crippen LogP contribution in [-0.2, 0) is 0 Å². The van der Waals surface area contributed by atoms with Crippen LogP contribution in [0.15, 0.2) is 12.1 Å². The van der Waals surface area contributed by atoms with Gasteiger partial charge in [-0.15, -0.1) is 0 Å². The molecule has 64 valence electrons. The molecule has 0 aliphatic carbocycles. The molecule has 0 N–H and O–H groups in total. The molecule has 0 saturated carbocycles. The number of ether oxygens (including phenoxy) is 1. The van der Waals surface area contributed by atoms with Gasteiger partial charge in [0.05, 0.1) is 12.1 Å². The van der Waals surface area contributed by atoms with Gasteiger partial charge >= 0.3 is 0 Å². The lowest BCUT2D eigenvalue weighted by atomic mass is 10.1. The van der Waals surface area contributed by atoms with Gasteiger partial charge in [0, 0.05) is 5.56 Å². The Hall–Kier alpha value is -1.02. The smallest absolute Gasteiger partial charge is 0.150 e. The summed E-state index contributed by atoms with van der Waals surface area (Å²) in [6, 6.07) is 3.37. The Balaban J connectivity index is 3.29. The van der Waals surface area contributed by atoms with Gasteiger partial charge in [0.2, 0.25) is 0 Å². The van der Waals surface area contributed by atoms with Gasteiger partial charge in [-0.1, -0.05) is 11.6 Å². The maximum absolute atomic E-state index is 10.5. The molecule has 2 nitrogen and oxygen atoms in total. The van der Waals surface area contributed by atoms with Gasteiger partial charge in [0.15, 0.2) is 0 Å². The highest BCUT2D eigenvalue weighted by Crippen LogP contribution is 2.28. The van der Waals surface area contributed by atoms with Gasteiger partial charge in [-0.25, -0.2) is 0 Å². The summed E-state index contributed by atoms with van der Waals surface area (Å²) in [6.07, 6.45) is 0.778. The number of carbonyl (C=O) groups is 1. The highest BCUT2D eigenvalue weighted by atomic mass is 35.5. The maximum atomic E-state index is 10.5. The van der Waals surface area contributed by atoms with Crippen LogP contribution in [0.4, 0.5) is 0 Å². The van der Waals surface area contributed by atoms with Crippen molar-refractivity contribution in [2.45, 2.75) is 6.92 Å². The average Bonchev–Trinajstić information content (AvgIpc) is 2.10. The number of rotatable bonds is 2. The standard InChI is InChI=1S/C9H9ClO2/c1-6-7(5-11)3-4-8(12-2)9(6)10/h3-5H,1-2H3. The fourth-order valence-corrected chi connectivity index (χ4v) is 1.21. The normalized spacial score (nSPS) is 9.58. The zero-order valence-corrected chi connectivity index (χ0v) is 7.68. The van der Waals surface area contributed by atoms with Crippen LogP contribution in [-0.4, -0.2) is 13.4 Å². The van der Waals surface area contributed by atoms with E-state index in [0.717, 1.165) is 11.8 Å². The summed E-state index contributed by atoms with van der Waals surface area (Å²) in [5.41, 5.74) is 1.35. The molecule has 1 aromatic carbocycles. The molecule has 0 aromatic heterocycles. The van der Waals surface area contributed by atoms with E-state index in [2.05, 4.69) is 0 Å². The minimum absolute atomic E-state index is 0.502. The Kier molecular flexibility index (Phi) is 2.71. The van der Waals surface area contributed by atoms with E-state index in [1.165, 1.54) is 0 Å². The van der Waals surface area contributed by atoms with Crippen LogP contribution >= 0.6 is 11.6 Å². The van der Waals surface area contributed by atoms with Crippen LogP contribution in [0.1, 0.15) is 15.9 Å². The molecule has 0 amide bonds. The number of halogens is 1. The molecule has 0 aliphatic heterocycles. The predicted octanol–water partition coefficient (Wildman–Crippen LogP) is 2.47. The van der Waals surface area contributed by atoms with E-state index < -0.39 is 0 Å². The van der Waals surface area contributed by atoms with Crippen LogP contribution in [0.3, 0.4) is 0 Å². The third-order valence-corrected chi connectivity index (χ3v) is 2.21. The van der Waals surface area contributed by atoms with Crippen molar-refractivity contribution in [3.63, 3.8) is 0 Å². The van der Waals surface area contributed by atoms with Crippen LogP contribution < -0.4 is 4.74 Å². The average molecular weight is 185 g/mol. The van der Waals surface area contributed by atoms with E-state index in [-0.39, 0.29) is 0 Å². The predicted molar refractivity (Wildman–Crippen MR) is 48.1 cm³/mol. The largest absolute Gasteiger partial charge is 0.495 e. The quantitative estimate of drug-likeness (QED) is 0.660. The van der Waals surface area contributed by atoms with Crippen molar-refractivity contribution in [3.8, 4) is 5.75 Å². The summed E-state index contributed by atoms with van der Waals surface area (Å²) >= 11 is 5.89. The van der Waals surface area contributed by atoms with Gasteiger partial charge in [-0.05, 0) is 24.6 Å². The molecule has 0 bridgehead atoms. The van der Waals surface area contributed by atoms with Gasteiger partial charge in [0.1, 0.15) is 12.0 Å². The number of aldehydes is 1. The van der Waals surface area contributed by atoms with Crippen molar-refractivity contribution in [1.82, 2.24) is 0 Å². The van der Waals surface area contributed by atoms with Crippen molar-refractivity contribution in [2.24, 2.45) is 0 Å². The zero-order valence-electron chi connectivity index (χ0n) is 6.93. The monoisotopic (exact) mass is 184 g/mol. The minimum Gasteiger partial charge on any atom is -0.495 e. The molecule has 0 spiro atoms. The lowest BCUT2D eigenvalue weighted by Gasteiger charge is -2.06. The number of carbonyl (C=O) groups excluding carboxylic acids is 1. The lowest BCUT2D eigenvalue weighted by molar-refractivity contribution is 0.112. The van der Waals surface area contributed by atoms with E-state index in [4.69, 9.17) is 16.3 Å². The van der Waals surface area contributed by atoms with E-state index in [1.54, 1.807) is 26.2 Å². The molecule has 0 unspecified atom stereocenters. The van der Waals surface area contributed by atoms with E-state index >= 15 is 0 Å². The van der Waals surface area contributed by atoms with Crippen molar-refractivity contribution in [2.75, 3.05) is 7.11 Å². The second-order valence-electron chi connectivity index (χ2n) is 2.41. The molecular formula is C9H9ClO2. The molecule has 1 aromatic rings. The first-order valence-corrected chi connectivity index (χ1v) is 3.86. The fourth-order valence-electron chi connectivity index (χ4n) is 0.960. The molecule has 0 fully saturated rings. The third-order valence-electron chi connectivity index (χ3n) is 1.74. The molecule has 0 radical (unpaired) electrons. The summed E-state index contributed by atoms with van der Waals surface area (Å²) in [4.78, 5) is 10.5. The van der Waals surface area contributed by atoms with Crippen LogP contribution in [0.2, 0.25) is 5.02 Å². The molecule has 0 saturated heterocycles. The first-order valence-electron chi connectivity index (χ1n) is 3.49. The number of hydrogen-bond donors (Lipinski definition) is 0. The second-order valence-corrected chi connectivity index (χ2v) is 2.79. The van der Waals surface area contributed by atoms with E-state index in [1.807, 2.05) is 0 Å². The van der Waals surface area contributed by atoms with Gasteiger partial charge < -0.3 is 4.74 Å². The molecule has 0 atom stereocenters.